The second-order valence-electron chi connectivity index (χ2n) is 4.04. The maximum Gasteiger partial charge on any atom is 0.215 e. The van der Waals surface area contributed by atoms with Crippen molar-refractivity contribution in [1.29, 1.82) is 0 Å². The van der Waals surface area contributed by atoms with E-state index in [1.807, 2.05) is 25.1 Å². The molecule has 0 aliphatic heterocycles. The molecule has 0 aliphatic carbocycles. The molecule has 1 unspecified atom stereocenters. The normalized spacial score (nSPS) is 14.2. The van der Waals surface area contributed by atoms with Crippen LogP contribution in [0.4, 0.5) is 5.82 Å². The van der Waals surface area contributed by atoms with E-state index in [2.05, 4.69) is 24.1 Å². The Hall–Kier alpha value is -1.29. The lowest BCUT2D eigenvalue weighted by Gasteiger charge is -2.28. The van der Waals surface area contributed by atoms with Gasteiger partial charge in [-0.15, -0.1) is 0 Å². The van der Waals surface area contributed by atoms with E-state index in [4.69, 9.17) is 10.5 Å². The van der Waals surface area contributed by atoms with Gasteiger partial charge in [-0.3, -0.25) is 0 Å². The van der Waals surface area contributed by atoms with E-state index in [-0.39, 0.29) is 5.54 Å². The number of nitrogens with two attached hydrogens (primary N) is 1. The zero-order chi connectivity index (χ0) is 12.0. The summed E-state index contributed by atoms with van der Waals surface area (Å²) >= 11 is 0. The van der Waals surface area contributed by atoms with E-state index in [1.54, 1.807) is 0 Å². The highest BCUT2D eigenvalue weighted by molar-refractivity contribution is 5.39. The Labute approximate surface area is 97.2 Å². The fourth-order valence-corrected chi connectivity index (χ4v) is 1.31. The highest BCUT2D eigenvalue weighted by Crippen LogP contribution is 2.18. The van der Waals surface area contributed by atoms with E-state index in [1.165, 1.54) is 0 Å². The number of ether oxygens (including phenoxy) is 1. The topological polar surface area (TPSA) is 60.2 Å². The monoisotopic (exact) mass is 223 g/mol. The highest BCUT2D eigenvalue weighted by Gasteiger charge is 2.19. The molecular weight excluding hydrogens is 202 g/mol. The summed E-state index contributed by atoms with van der Waals surface area (Å²) in [7, 11) is 0. The molecule has 0 bridgehead atoms. The lowest BCUT2D eigenvalue weighted by molar-refractivity contribution is 0.327. The Morgan fingerprint density at radius 2 is 2.19 bits per heavy atom. The van der Waals surface area contributed by atoms with Crippen LogP contribution >= 0.6 is 0 Å². The summed E-state index contributed by atoms with van der Waals surface area (Å²) in [6, 6.07) is 5.69. The Balaban J connectivity index is 2.76. The smallest absolute Gasteiger partial charge is 0.215 e. The van der Waals surface area contributed by atoms with Crippen LogP contribution in [0.15, 0.2) is 18.2 Å². The minimum atomic E-state index is -0.113. The summed E-state index contributed by atoms with van der Waals surface area (Å²) in [6.45, 7) is 7.33. The van der Waals surface area contributed by atoms with Crippen LogP contribution in [0.1, 0.15) is 27.2 Å². The quantitative estimate of drug-likeness (QED) is 0.774. The molecule has 1 aromatic rings. The molecule has 1 rings (SSSR count). The molecule has 4 nitrogen and oxygen atoms in total. The van der Waals surface area contributed by atoms with Crippen LogP contribution in [0.3, 0.4) is 0 Å². The summed E-state index contributed by atoms with van der Waals surface area (Å²) in [6.07, 6.45) is 0.948. The molecule has 1 atom stereocenters. The Bertz CT molecular complexity index is 324. The number of hydrogen-bond donors (Lipinski definition) is 2. The molecule has 0 saturated heterocycles. The van der Waals surface area contributed by atoms with E-state index in [9.17, 15) is 0 Å². The van der Waals surface area contributed by atoms with Gasteiger partial charge in [-0.2, -0.15) is 4.98 Å². The van der Waals surface area contributed by atoms with Gasteiger partial charge < -0.3 is 15.8 Å². The van der Waals surface area contributed by atoms with Crippen molar-refractivity contribution < 1.29 is 4.74 Å². The maximum absolute atomic E-state index is 5.74. The van der Waals surface area contributed by atoms with Crippen molar-refractivity contribution in [2.45, 2.75) is 32.7 Å². The van der Waals surface area contributed by atoms with E-state index in [0.717, 1.165) is 12.2 Å². The molecule has 0 fully saturated rings. The van der Waals surface area contributed by atoms with Gasteiger partial charge in [-0.05, 0) is 26.3 Å². The molecule has 90 valence electrons. The summed E-state index contributed by atoms with van der Waals surface area (Å²) in [4.78, 5) is 4.35. The third-order valence-corrected chi connectivity index (χ3v) is 2.68. The van der Waals surface area contributed by atoms with Gasteiger partial charge in [0.25, 0.3) is 0 Å². The van der Waals surface area contributed by atoms with Crippen molar-refractivity contribution in [2.75, 3.05) is 18.5 Å². The van der Waals surface area contributed by atoms with Crippen LogP contribution in [-0.2, 0) is 0 Å². The molecule has 0 spiro atoms. The summed E-state index contributed by atoms with van der Waals surface area (Å²) in [5.74, 6) is 1.45. The summed E-state index contributed by atoms with van der Waals surface area (Å²) in [5, 5.41) is 3.34. The number of anilines is 1. The van der Waals surface area contributed by atoms with E-state index in [0.29, 0.717) is 19.0 Å². The van der Waals surface area contributed by atoms with Crippen LogP contribution in [-0.4, -0.2) is 23.7 Å². The van der Waals surface area contributed by atoms with Crippen molar-refractivity contribution in [2.24, 2.45) is 5.73 Å². The first kappa shape index (κ1) is 12.8. The predicted octanol–water partition coefficient (Wildman–Crippen LogP) is 2.02. The first-order valence-corrected chi connectivity index (χ1v) is 5.71. The second kappa shape index (κ2) is 5.70. The number of aromatic nitrogens is 1. The van der Waals surface area contributed by atoms with Crippen molar-refractivity contribution in [3.63, 3.8) is 0 Å². The van der Waals surface area contributed by atoms with Gasteiger partial charge >= 0.3 is 0 Å². The largest absolute Gasteiger partial charge is 0.478 e. The minimum Gasteiger partial charge on any atom is -0.478 e. The lowest BCUT2D eigenvalue weighted by Crippen LogP contribution is -2.42. The SMILES string of the molecule is CCOc1cccc(NC(C)(CC)CN)n1. The summed E-state index contributed by atoms with van der Waals surface area (Å²) in [5.41, 5.74) is 5.63. The van der Waals surface area contributed by atoms with Crippen LogP contribution in [0.25, 0.3) is 0 Å². The molecule has 4 heteroatoms. The van der Waals surface area contributed by atoms with Gasteiger partial charge in [0, 0.05) is 18.2 Å². The van der Waals surface area contributed by atoms with Gasteiger partial charge in [-0.25, -0.2) is 0 Å². The van der Waals surface area contributed by atoms with Gasteiger partial charge in [0.1, 0.15) is 5.82 Å². The van der Waals surface area contributed by atoms with Crippen LogP contribution in [0.5, 0.6) is 5.88 Å². The van der Waals surface area contributed by atoms with Gasteiger partial charge in [0.2, 0.25) is 5.88 Å². The molecule has 0 aliphatic rings. The van der Waals surface area contributed by atoms with Gasteiger partial charge in [0.05, 0.1) is 6.61 Å². The maximum atomic E-state index is 5.74. The van der Waals surface area contributed by atoms with Crippen molar-refractivity contribution >= 4 is 5.82 Å². The minimum absolute atomic E-state index is 0.113. The number of nitrogens with zero attached hydrogens (tertiary/aromatic N) is 1. The van der Waals surface area contributed by atoms with Gasteiger partial charge in [-0.1, -0.05) is 13.0 Å². The number of hydrogen-bond acceptors (Lipinski definition) is 4. The zero-order valence-corrected chi connectivity index (χ0v) is 10.3. The second-order valence-corrected chi connectivity index (χ2v) is 4.04. The number of nitrogens with one attached hydrogen (secondary N) is 1. The lowest BCUT2D eigenvalue weighted by atomic mass is 9.99. The van der Waals surface area contributed by atoms with E-state index < -0.39 is 0 Å². The predicted molar refractivity (Wildman–Crippen MR) is 66.8 cm³/mol. The fraction of sp³-hybridized carbons (Fsp3) is 0.583. The molecule has 1 aromatic heterocycles. The van der Waals surface area contributed by atoms with Crippen LogP contribution in [0, 0.1) is 0 Å². The average molecular weight is 223 g/mol. The third-order valence-electron chi connectivity index (χ3n) is 2.68. The Kier molecular flexibility index (Phi) is 4.55. The van der Waals surface area contributed by atoms with Crippen molar-refractivity contribution in [3.05, 3.63) is 18.2 Å². The Morgan fingerprint density at radius 3 is 2.75 bits per heavy atom. The fourth-order valence-electron chi connectivity index (χ4n) is 1.31. The van der Waals surface area contributed by atoms with Gasteiger partial charge in [0.15, 0.2) is 0 Å². The number of rotatable bonds is 6. The highest BCUT2D eigenvalue weighted by atomic mass is 16.5. The average Bonchev–Trinajstić information content (AvgIpc) is 2.30. The first-order chi connectivity index (χ1) is 7.63. The molecular formula is C12H21N3O. The summed E-state index contributed by atoms with van der Waals surface area (Å²) < 4.78 is 5.35. The standard InChI is InChI=1S/C12H21N3O/c1-4-12(3,9-13)15-10-7-6-8-11(14-10)16-5-2/h6-8H,4-5,9,13H2,1-3H3,(H,14,15). The van der Waals surface area contributed by atoms with Crippen LogP contribution in [0.2, 0.25) is 0 Å². The molecule has 0 aromatic carbocycles. The molecule has 0 radical (unpaired) electrons. The molecule has 0 amide bonds. The van der Waals surface area contributed by atoms with Crippen LogP contribution < -0.4 is 15.8 Å². The zero-order valence-electron chi connectivity index (χ0n) is 10.3. The molecule has 16 heavy (non-hydrogen) atoms. The molecule has 0 saturated carbocycles. The first-order valence-electron chi connectivity index (χ1n) is 5.71. The van der Waals surface area contributed by atoms with Crippen molar-refractivity contribution in [1.82, 2.24) is 4.98 Å². The van der Waals surface area contributed by atoms with E-state index >= 15 is 0 Å². The molecule has 1 heterocycles. The molecule has 3 N–H and O–H groups in total. The van der Waals surface area contributed by atoms with Crippen molar-refractivity contribution in [3.8, 4) is 5.88 Å². The third kappa shape index (κ3) is 3.38. The Morgan fingerprint density at radius 1 is 1.44 bits per heavy atom. The number of pyridine rings is 1.